The number of likely N-dealkylation sites (tertiary alicyclic amines) is 1. The first-order valence-corrected chi connectivity index (χ1v) is 8.29. The molecule has 5 heteroatoms. The summed E-state index contributed by atoms with van der Waals surface area (Å²) < 4.78 is 5.15. The van der Waals surface area contributed by atoms with Gasteiger partial charge in [-0.2, -0.15) is 0 Å². The number of benzene rings is 1. The van der Waals surface area contributed by atoms with Gasteiger partial charge >= 0.3 is 0 Å². The van der Waals surface area contributed by atoms with Crippen molar-refractivity contribution >= 4 is 11.8 Å². The van der Waals surface area contributed by atoms with Gasteiger partial charge in [0.2, 0.25) is 5.91 Å². The Morgan fingerprint density at radius 2 is 1.88 bits per heavy atom. The predicted octanol–water partition coefficient (Wildman–Crippen LogP) is 2.55. The summed E-state index contributed by atoms with van der Waals surface area (Å²) >= 11 is 0. The summed E-state index contributed by atoms with van der Waals surface area (Å²) in [6, 6.07) is 11.5. The largest absolute Gasteiger partial charge is 0.459 e. The number of hydrogen-bond donors (Lipinski definition) is 1. The van der Waals surface area contributed by atoms with Crippen LogP contribution in [0.25, 0.3) is 0 Å². The van der Waals surface area contributed by atoms with Crippen LogP contribution in [-0.2, 0) is 11.2 Å². The quantitative estimate of drug-likeness (QED) is 0.939. The molecule has 1 aliphatic rings. The second-order valence-electron chi connectivity index (χ2n) is 6.27. The van der Waals surface area contributed by atoms with Crippen LogP contribution >= 0.6 is 0 Å². The van der Waals surface area contributed by atoms with E-state index in [4.69, 9.17) is 4.42 Å². The van der Waals surface area contributed by atoms with E-state index in [-0.39, 0.29) is 17.9 Å². The SMILES string of the molecule is Cc1ccc(CC(=O)NC2CCN(C(=O)c3ccco3)CC2)cc1. The van der Waals surface area contributed by atoms with E-state index in [9.17, 15) is 9.59 Å². The molecule has 24 heavy (non-hydrogen) atoms. The van der Waals surface area contributed by atoms with Crippen molar-refractivity contribution < 1.29 is 14.0 Å². The molecule has 1 aliphatic heterocycles. The van der Waals surface area contributed by atoms with Crippen LogP contribution in [0, 0.1) is 6.92 Å². The van der Waals surface area contributed by atoms with Crippen LogP contribution in [0.3, 0.4) is 0 Å². The zero-order chi connectivity index (χ0) is 16.9. The highest BCUT2D eigenvalue weighted by Crippen LogP contribution is 2.14. The van der Waals surface area contributed by atoms with Crippen molar-refractivity contribution in [2.45, 2.75) is 32.2 Å². The lowest BCUT2D eigenvalue weighted by Gasteiger charge is -2.31. The minimum atomic E-state index is -0.0792. The molecule has 3 rings (SSSR count). The fraction of sp³-hybridized carbons (Fsp3) is 0.368. The highest BCUT2D eigenvalue weighted by Gasteiger charge is 2.25. The van der Waals surface area contributed by atoms with E-state index in [1.54, 1.807) is 17.0 Å². The molecule has 0 spiro atoms. The Kier molecular flexibility index (Phi) is 4.99. The number of piperidine rings is 1. The molecule has 0 atom stereocenters. The highest BCUT2D eigenvalue weighted by atomic mass is 16.3. The number of amides is 2. The summed E-state index contributed by atoms with van der Waals surface area (Å²) in [5, 5.41) is 3.08. The highest BCUT2D eigenvalue weighted by molar-refractivity contribution is 5.91. The van der Waals surface area contributed by atoms with Crippen LogP contribution in [0.1, 0.15) is 34.5 Å². The second-order valence-corrected chi connectivity index (χ2v) is 6.27. The average Bonchev–Trinajstić information content (AvgIpc) is 3.11. The van der Waals surface area contributed by atoms with Crippen molar-refractivity contribution in [3.05, 3.63) is 59.5 Å². The van der Waals surface area contributed by atoms with E-state index < -0.39 is 0 Å². The van der Waals surface area contributed by atoms with E-state index in [1.807, 2.05) is 31.2 Å². The molecule has 2 aromatic rings. The van der Waals surface area contributed by atoms with Gasteiger partial charge in [-0.1, -0.05) is 29.8 Å². The number of aryl methyl sites for hydroxylation is 1. The van der Waals surface area contributed by atoms with Gasteiger partial charge in [0.25, 0.3) is 5.91 Å². The molecule has 0 radical (unpaired) electrons. The van der Waals surface area contributed by atoms with Gasteiger partial charge in [0.1, 0.15) is 0 Å². The van der Waals surface area contributed by atoms with Crippen molar-refractivity contribution in [1.29, 1.82) is 0 Å². The van der Waals surface area contributed by atoms with Gasteiger partial charge in [-0.05, 0) is 37.5 Å². The summed E-state index contributed by atoms with van der Waals surface area (Å²) in [7, 11) is 0. The van der Waals surface area contributed by atoms with E-state index in [0.29, 0.717) is 25.3 Å². The Morgan fingerprint density at radius 3 is 2.50 bits per heavy atom. The Morgan fingerprint density at radius 1 is 1.17 bits per heavy atom. The zero-order valence-electron chi connectivity index (χ0n) is 13.8. The third kappa shape index (κ3) is 4.04. The van der Waals surface area contributed by atoms with Crippen molar-refractivity contribution in [3.8, 4) is 0 Å². The first-order chi connectivity index (χ1) is 11.6. The minimum absolute atomic E-state index is 0.0367. The molecule has 0 saturated carbocycles. The molecule has 5 nitrogen and oxygen atoms in total. The maximum atomic E-state index is 12.2. The average molecular weight is 326 g/mol. The first kappa shape index (κ1) is 16.3. The summed E-state index contributed by atoms with van der Waals surface area (Å²) in [6.07, 6.45) is 3.44. The monoisotopic (exact) mass is 326 g/mol. The smallest absolute Gasteiger partial charge is 0.289 e. The summed E-state index contributed by atoms with van der Waals surface area (Å²) in [5.74, 6) is 0.330. The van der Waals surface area contributed by atoms with Gasteiger partial charge in [-0.15, -0.1) is 0 Å². The number of carbonyl (C=O) groups excluding carboxylic acids is 2. The van der Waals surface area contributed by atoms with Gasteiger partial charge in [0.05, 0.1) is 12.7 Å². The number of furan rings is 1. The Hall–Kier alpha value is -2.56. The molecule has 1 aromatic carbocycles. The number of nitrogens with one attached hydrogen (secondary N) is 1. The molecule has 2 amide bonds. The molecule has 1 aromatic heterocycles. The molecule has 126 valence electrons. The normalized spacial score (nSPS) is 15.3. The van der Waals surface area contributed by atoms with Gasteiger partial charge in [0, 0.05) is 19.1 Å². The molecular weight excluding hydrogens is 304 g/mol. The molecule has 1 N–H and O–H groups in total. The van der Waals surface area contributed by atoms with Crippen molar-refractivity contribution in [2.24, 2.45) is 0 Å². The lowest BCUT2D eigenvalue weighted by Crippen LogP contribution is -2.46. The molecule has 1 fully saturated rings. The van der Waals surface area contributed by atoms with E-state index in [1.165, 1.54) is 11.8 Å². The molecular formula is C19H22N2O3. The van der Waals surface area contributed by atoms with Crippen molar-refractivity contribution in [1.82, 2.24) is 10.2 Å². The summed E-state index contributed by atoms with van der Waals surface area (Å²) in [6.45, 7) is 3.30. The third-order valence-electron chi connectivity index (χ3n) is 4.36. The molecule has 0 unspecified atom stereocenters. The lowest BCUT2D eigenvalue weighted by atomic mass is 10.0. The minimum Gasteiger partial charge on any atom is -0.459 e. The van der Waals surface area contributed by atoms with Gasteiger partial charge < -0.3 is 14.6 Å². The maximum absolute atomic E-state index is 12.2. The molecule has 2 heterocycles. The van der Waals surface area contributed by atoms with Crippen molar-refractivity contribution in [3.63, 3.8) is 0 Å². The van der Waals surface area contributed by atoms with Crippen LogP contribution < -0.4 is 5.32 Å². The van der Waals surface area contributed by atoms with Crippen LogP contribution in [0.5, 0.6) is 0 Å². The van der Waals surface area contributed by atoms with Crippen LogP contribution in [0.15, 0.2) is 47.1 Å². The van der Waals surface area contributed by atoms with E-state index >= 15 is 0 Å². The fourth-order valence-corrected chi connectivity index (χ4v) is 2.95. The summed E-state index contributed by atoms with van der Waals surface area (Å²) in [5.41, 5.74) is 2.20. The maximum Gasteiger partial charge on any atom is 0.289 e. The molecule has 1 saturated heterocycles. The summed E-state index contributed by atoms with van der Waals surface area (Å²) in [4.78, 5) is 26.1. The zero-order valence-corrected chi connectivity index (χ0v) is 13.8. The van der Waals surface area contributed by atoms with Crippen molar-refractivity contribution in [2.75, 3.05) is 13.1 Å². The van der Waals surface area contributed by atoms with Crippen LogP contribution in [0.2, 0.25) is 0 Å². The number of rotatable bonds is 4. The third-order valence-corrected chi connectivity index (χ3v) is 4.36. The number of hydrogen-bond acceptors (Lipinski definition) is 3. The fourth-order valence-electron chi connectivity index (χ4n) is 2.95. The van der Waals surface area contributed by atoms with E-state index in [0.717, 1.165) is 18.4 Å². The van der Waals surface area contributed by atoms with Gasteiger partial charge in [-0.25, -0.2) is 0 Å². The second kappa shape index (κ2) is 7.34. The molecule has 0 aliphatic carbocycles. The molecule has 0 bridgehead atoms. The van der Waals surface area contributed by atoms with E-state index in [2.05, 4.69) is 5.32 Å². The van der Waals surface area contributed by atoms with Crippen LogP contribution in [0.4, 0.5) is 0 Å². The first-order valence-electron chi connectivity index (χ1n) is 8.29. The lowest BCUT2D eigenvalue weighted by molar-refractivity contribution is -0.121. The van der Waals surface area contributed by atoms with Gasteiger partial charge in [-0.3, -0.25) is 9.59 Å². The number of carbonyl (C=O) groups is 2. The topological polar surface area (TPSA) is 62.6 Å². The standard InChI is InChI=1S/C19H22N2O3/c1-14-4-6-15(7-5-14)13-18(22)20-16-8-10-21(11-9-16)19(23)17-3-2-12-24-17/h2-7,12,16H,8-11,13H2,1H3,(H,20,22). The Labute approximate surface area is 141 Å². The number of nitrogens with zero attached hydrogens (tertiary/aromatic N) is 1. The predicted molar refractivity (Wildman–Crippen MR) is 90.7 cm³/mol. The Balaban J connectivity index is 1.46. The van der Waals surface area contributed by atoms with Crippen LogP contribution in [-0.4, -0.2) is 35.8 Å². The van der Waals surface area contributed by atoms with Gasteiger partial charge in [0.15, 0.2) is 5.76 Å². The Bertz CT molecular complexity index is 684.